The molecule has 2 aliphatic carbocycles. The fourth-order valence-electron chi connectivity index (χ4n) is 3.72. The summed E-state index contributed by atoms with van der Waals surface area (Å²) in [6, 6.07) is 0. The summed E-state index contributed by atoms with van der Waals surface area (Å²) in [5.74, 6) is 3.14. The lowest BCUT2D eigenvalue weighted by molar-refractivity contribution is 0.105. The highest BCUT2D eigenvalue weighted by Crippen LogP contribution is 2.59. The molecule has 4 atom stereocenters. The van der Waals surface area contributed by atoms with Crippen LogP contribution in [0.25, 0.3) is 0 Å². The van der Waals surface area contributed by atoms with Gasteiger partial charge in [-0.05, 0) is 42.4 Å². The van der Waals surface area contributed by atoms with E-state index in [9.17, 15) is 0 Å². The molecule has 0 aromatic heterocycles. The Morgan fingerprint density at radius 2 is 2.17 bits per heavy atom. The molecule has 2 fully saturated rings. The van der Waals surface area contributed by atoms with E-state index >= 15 is 0 Å². The predicted molar refractivity (Wildman–Crippen MR) is 53.0 cm³/mol. The summed E-state index contributed by atoms with van der Waals surface area (Å²) >= 11 is 0. The molecule has 0 saturated heterocycles. The van der Waals surface area contributed by atoms with Crippen LogP contribution >= 0.6 is 0 Å². The summed E-state index contributed by atoms with van der Waals surface area (Å²) < 4.78 is 0. The number of hydrogen-bond donors (Lipinski definition) is 0. The number of rotatable bonds is 2. The van der Waals surface area contributed by atoms with Crippen molar-refractivity contribution in [2.75, 3.05) is 0 Å². The van der Waals surface area contributed by atoms with Crippen molar-refractivity contribution in [3.63, 3.8) is 0 Å². The zero-order chi connectivity index (χ0) is 8.77. The van der Waals surface area contributed by atoms with Gasteiger partial charge < -0.3 is 0 Å². The maximum Gasteiger partial charge on any atom is -0.0269 e. The molecule has 4 unspecified atom stereocenters. The molecule has 0 heteroatoms. The highest BCUT2D eigenvalue weighted by Gasteiger charge is 2.49. The van der Waals surface area contributed by atoms with Crippen LogP contribution in [-0.2, 0) is 0 Å². The molecule has 2 rings (SSSR count). The van der Waals surface area contributed by atoms with Crippen molar-refractivity contribution in [2.45, 2.75) is 52.9 Å². The largest absolute Gasteiger partial charge is 0.0651 e. The Labute approximate surface area is 76.7 Å². The maximum atomic E-state index is 2.55. The van der Waals surface area contributed by atoms with Crippen molar-refractivity contribution in [3.8, 4) is 0 Å². The third kappa shape index (κ3) is 1.03. The molecule has 0 nitrogen and oxygen atoms in total. The van der Waals surface area contributed by atoms with Crippen LogP contribution in [-0.4, -0.2) is 0 Å². The molecule has 2 saturated carbocycles. The average molecular weight is 166 g/mol. The third-order valence-electron chi connectivity index (χ3n) is 4.94. The van der Waals surface area contributed by atoms with Gasteiger partial charge in [0.15, 0.2) is 0 Å². The molecule has 12 heavy (non-hydrogen) atoms. The minimum absolute atomic E-state index is 0.720. The topological polar surface area (TPSA) is 0 Å². The first kappa shape index (κ1) is 8.59. The summed E-state index contributed by atoms with van der Waals surface area (Å²) in [7, 11) is 0. The van der Waals surface area contributed by atoms with Crippen LogP contribution in [0.5, 0.6) is 0 Å². The zero-order valence-electron chi connectivity index (χ0n) is 8.77. The van der Waals surface area contributed by atoms with E-state index in [-0.39, 0.29) is 0 Å². The highest BCUT2D eigenvalue weighted by atomic mass is 14.5. The lowest BCUT2D eigenvalue weighted by Crippen LogP contribution is -2.30. The Balaban J connectivity index is 2.12. The van der Waals surface area contributed by atoms with Crippen molar-refractivity contribution in [2.24, 2.45) is 23.2 Å². The summed E-state index contributed by atoms with van der Waals surface area (Å²) in [6.07, 6.45) is 7.54. The van der Waals surface area contributed by atoms with E-state index in [4.69, 9.17) is 0 Å². The SMILES string of the molecule is CCC(C)C1(C)CC2CCC1C2. The van der Waals surface area contributed by atoms with Crippen molar-refractivity contribution >= 4 is 0 Å². The Hall–Kier alpha value is 0. The van der Waals surface area contributed by atoms with Gasteiger partial charge in [0.2, 0.25) is 0 Å². The Bertz CT molecular complexity index is 173. The van der Waals surface area contributed by atoms with Crippen LogP contribution in [0.4, 0.5) is 0 Å². The van der Waals surface area contributed by atoms with Gasteiger partial charge in [0.1, 0.15) is 0 Å². The molecule has 2 bridgehead atoms. The van der Waals surface area contributed by atoms with Gasteiger partial charge in [0, 0.05) is 0 Å². The third-order valence-corrected chi connectivity index (χ3v) is 4.94. The van der Waals surface area contributed by atoms with Crippen LogP contribution in [0, 0.1) is 23.2 Å². The Morgan fingerprint density at radius 3 is 2.58 bits per heavy atom. The molecule has 70 valence electrons. The van der Waals surface area contributed by atoms with Gasteiger partial charge in [-0.2, -0.15) is 0 Å². The van der Waals surface area contributed by atoms with E-state index in [1.165, 1.54) is 25.7 Å². The lowest BCUT2D eigenvalue weighted by atomic mass is 9.66. The van der Waals surface area contributed by atoms with Gasteiger partial charge in [-0.25, -0.2) is 0 Å². The molecule has 0 N–H and O–H groups in total. The summed E-state index contributed by atoms with van der Waals surface area (Å²) in [6.45, 7) is 7.35. The minimum atomic E-state index is 0.720. The van der Waals surface area contributed by atoms with Crippen molar-refractivity contribution in [1.82, 2.24) is 0 Å². The fourth-order valence-corrected chi connectivity index (χ4v) is 3.72. The number of hydrogen-bond acceptors (Lipinski definition) is 0. The van der Waals surface area contributed by atoms with Gasteiger partial charge in [0.05, 0.1) is 0 Å². The molecule has 0 aromatic carbocycles. The van der Waals surface area contributed by atoms with Crippen LogP contribution < -0.4 is 0 Å². The molecule has 0 amide bonds. The second-order valence-corrected chi connectivity index (χ2v) is 5.40. The van der Waals surface area contributed by atoms with Crippen molar-refractivity contribution in [1.29, 1.82) is 0 Å². The van der Waals surface area contributed by atoms with Crippen LogP contribution in [0.2, 0.25) is 0 Å². The smallest absolute Gasteiger partial charge is 0.0269 e. The van der Waals surface area contributed by atoms with Gasteiger partial charge in [-0.3, -0.25) is 0 Å². The van der Waals surface area contributed by atoms with Crippen LogP contribution in [0.3, 0.4) is 0 Å². The second-order valence-electron chi connectivity index (χ2n) is 5.40. The summed E-state index contributed by atoms with van der Waals surface area (Å²) in [5.41, 5.74) is 0.720. The van der Waals surface area contributed by atoms with Crippen molar-refractivity contribution in [3.05, 3.63) is 0 Å². The molecule has 0 spiro atoms. The molecule has 0 radical (unpaired) electrons. The van der Waals surface area contributed by atoms with Gasteiger partial charge in [-0.1, -0.05) is 33.6 Å². The van der Waals surface area contributed by atoms with E-state index in [1.54, 1.807) is 6.42 Å². The number of fused-ring (bicyclic) bond motifs is 2. The van der Waals surface area contributed by atoms with Gasteiger partial charge >= 0.3 is 0 Å². The fraction of sp³-hybridized carbons (Fsp3) is 1.00. The normalized spacial score (nSPS) is 48.2. The summed E-state index contributed by atoms with van der Waals surface area (Å²) in [5, 5.41) is 0. The van der Waals surface area contributed by atoms with Crippen molar-refractivity contribution < 1.29 is 0 Å². The van der Waals surface area contributed by atoms with E-state index < -0.39 is 0 Å². The molecule has 0 heterocycles. The first-order valence-corrected chi connectivity index (χ1v) is 5.66. The first-order valence-electron chi connectivity index (χ1n) is 5.66. The van der Waals surface area contributed by atoms with Crippen LogP contribution in [0.15, 0.2) is 0 Å². The molecule has 0 aromatic rings. The maximum absolute atomic E-state index is 2.55. The average Bonchev–Trinajstić information content (AvgIpc) is 2.62. The molecular formula is C12H22. The van der Waals surface area contributed by atoms with Crippen LogP contribution in [0.1, 0.15) is 52.9 Å². The van der Waals surface area contributed by atoms with Gasteiger partial charge in [0.25, 0.3) is 0 Å². The van der Waals surface area contributed by atoms with E-state index in [2.05, 4.69) is 20.8 Å². The Morgan fingerprint density at radius 1 is 1.42 bits per heavy atom. The molecular weight excluding hydrogens is 144 g/mol. The summed E-state index contributed by atoms with van der Waals surface area (Å²) in [4.78, 5) is 0. The lowest BCUT2D eigenvalue weighted by Gasteiger charge is -2.39. The van der Waals surface area contributed by atoms with E-state index in [0.717, 1.165) is 23.2 Å². The van der Waals surface area contributed by atoms with Gasteiger partial charge in [-0.15, -0.1) is 0 Å². The standard InChI is InChI=1S/C12H22/c1-4-9(2)12(3)8-10-5-6-11(12)7-10/h9-11H,4-8H2,1-3H3. The molecule has 2 aliphatic rings. The zero-order valence-corrected chi connectivity index (χ0v) is 8.77. The quantitative estimate of drug-likeness (QED) is 0.584. The minimum Gasteiger partial charge on any atom is -0.0651 e. The monoisotopic (exact) mass is 166 g/mol. The second kappa shape index (κ2) is 2.75. The highest BCUT2D eigenvalue weighted by molar-refractivity contribution is 4.99. The van der Waals surface area contributed by atoms with E-state index in [0.29, 0.717) is 0 Å². The Kier molecular flexibility index (Phi) is 1.97. The molecule has 0 aliphatic heterocycles. The van der Waals surface area contributed by atoms with E-state index in [1.807, 2.05) is 0 Å². The predicted octanol–water partition coefficient (Wildman–Crippen LogP) is 3.86. The first-order chi connectivity index (χ1) is 5.66.